The third-order valence-electron chi connectivity index (χ3n) is 3.70. The summed E-state index contributed by atoms with van der Waals surface area (Å²) in [6, 6.07) is 10.7. The van der Waals surface area contributed by atoms with Crippen LogP contribution in [0.1, 0.15) is 41.5 Å². The van der Waals surface area contributed by atoms with Gasteiger partial charge < -0.3 is 5.09 Å². The van der Waals surface area contributed by atoms with Crippen LogP contribution in [0.4, 0.5) is 0 Å². The van der Waals surface area contributed by atoms with Gasteiger partial charge in [-0.1, -0.05) is 71.9 Å². The molecule has 3 heteroatoms. The van der Waals surface area contributed by atoms with Crippen molar-refractivity contribution in [1.82, 2.24) is 5.09 Å². The first kappa shape index (κ1) is 15.0. The second kappa shape index (κ2) is 4.88. The van der Waals surface area contributed by atoms with E-state index >= 15 is 0 Å². The fraction of sp³-hybridized carbons (Fsp3) is 0.533. The van der Waals surface area contributed by atoms with E-state index in [0.29, 0.717) is 0 Å². The molecule has 0 aliphatic heterocycles. The summed E-state index contributed by atoms with van der Waals surface area (Å²) in [6.45, 7) is 17.5. The molecule has 0 aliphatic rings. The Bertz CT molecular complexity index is 385. The molecule has 0 bridgehead atoms. The third kappa shape index (κ3) is 2.37. The number of rotatable bonds is 3. The molecule has 18 heavy (non-hydrogen) atoms. The van der Waals surface area contributed by atoms with Gasteiger partial charge in [0.15, 0.2) is 0 Å². The molecule has 0 unspecified atom stereocenters. The van der Waals surface area contributed by atoms with Crippen molar-refractivity contribution in [2.45, 2.75) is 51.6 Å². The van der Waals surface area contributed by atoms with Crippen LogP contribution in [0.5, 0.6) is 0 Å². The van der Waals surface area contributed by atoms with Crippen LogP contribution in [0.15, 0.2) is 35.4 Å². The van der Waals surface area contributed by atoms with Crippen LogP contribution in [0.3, 0.4) is 0 Å². The van der Waals surface area contributed by atoms with Crippen LogP contribution in [0.2, 0.25) is 10.1 Å². The lowest BCUT2D eigenvalue weighted by Crippen LogP contribution is -2.69. The van der Waals surface area contributed by atoms with Crippen molar-refractivity contribution >= 4 is 20.1 Å². The summed E-state index contributed by atoms with van der Waals surface area (Å²) in [7, 11) is -2.05. The average Bonchev–Trinajstić information content (AvgIpc) is 2.23. The molecule has 2 nitrogen and oxygen atoms in total. The predicted molar refractivity (Wildman–Crippen MR) is 83.9 cm³/mol. The van der Waals surface area contributed by atoms with Crippen molar-refractivity contribution < 1.29 is 0 Å². The lowest BCUT2D eigenvalue weighted by atomic mass is 10.2. The lowest BCUT2D eigenvalue weighted by Gasteiger charge is -2.50. The zero-order chi connectivity index (χ0) is 14.0. The first-order valence-corrected chi connectivity index (χ1v) is 8.45. The quantitative estimate of drug-likeness (QED) is 0.502. The van der Waals surface area contributed by atoms with E-state index in [4.69, 9.17) is 0 Å². The van der Waals surface area contributed by atoms with Crippen molar-refractivity contribution in [3.63, 3.8) is 0 Å². The minimum Gasteiger partial charge on any atom is -0.331 e. The van der Waals surface area contributed by atoms with Gasteiger partial charge in [0.1, 0.15) is 0 Å². The number of hydrogen-bond donors (Lipinski definition) is 1. The molecule has 0 spiro atoms. The molecule has 0 saturated heterocycles. The van der Waals surface area contributed by atoms with Crippen LogP contribution in [0.25, 0.3) is 0 Å². The van der Waals surface area contributed by atoms with Crippen LogP contribution in [-0.4, -0.2) is 15.0 Å². The zero-order valence-electron chi connectivity index (χ0n) is 12.5. The number of nitrogens with one attached hydrogen (secondary N) is 1. The molecule has 0 heterocycles. The Balaban J connectivity index is 3.55. The largest absolute Gasteiger partial charge is 0.331 e. The molecule has 0 radical (unpaired) electrons. The highest BCUT2D eigenvalue weighted by molar-refractivity contribution is 6.94. The predicted octanol–water partition coefficient (Wildman–Crippen LogP) is 3.64. The third-order valence-corrected chi connectivity index (χ3v) is 9.90. The van der Waals surface area contributed by atoms with Gasteiger partial charge in [-0.3, -0.25) is 0 Å². The van der Waals surface area contributed by atoms with Crippen molar-refractivity contribution in [2.75, 3.05) is 0 Å². The molecule has 1 aromatic rings. The Morgan fingerprint density at radius 2 is 1.39 bits per heavy atom. The van der Waals surface area contributed by atoms with E-state index in [2.05, 4.69) is 88.8 Å². The Kier molecular flexibility index (Phi) is 4.06. The Morgan fingerprint density at radius 3 is 1.72 bits per heavy atom. The van der Waals surface area contributed by atoms with Gasteiger partial charge >= 0.3 is 0 Å². The highest BCUT2D eigenvalue weighted by Gasteiger charge is 2.55. The second-order valence-electron chi connectivity index (χ2n) is 6.89. The molecule has 0 aromatic heterocycles. The molecule has 0 fully saturated rings. The Labute approximate surface area is 113 Å². The average molecular weight is 262 g/mol. The van der Waals surface area contributed by atoms with Gasteiger partial charge in [0, 0.05) is 6.72 Å². The summed E-state index contributed by atoms with van der Waals surface area (Å²) in [4.78, 5) is 0. The van der Waals surface area contributed by atoms with Crippen molar-refractivity contribution in [2.24, 2.45) is 5.10 Å². The van der Waals surface area contributed by atoms with Gasteiger partial charge in [-0.05, 0) is 15.3 Å². The van der Waals surface area contributed by atoms with Crippen LogP contribution in [-0.2, 0) is 0 Å². The molecule has 1 rings (SSSR count). The number of hydrazone groups is 1. The van der Waals surface area contributed by atoms with E-state index < -0.39 is 8.24 Å². The Hall–Kier alpha value is -1.09. The molecule has 0 atom stereocenters. The van der Waals surface area contributed by atoms with E-state index in [0.717, 1.165) is 0 Å². The van der Waals surface area contributed by atoms with Crippen LogP contribution < -0.4 is 10.3 Å². The maximum absolute atomic E-state index is 4.08. The highest BCUT2D eigenvalue weighted by atomic mass is 28.3. The van der Waals surface area contributed by atoms with Gasteiger partial charge in [0.05, 0.1) is 0 Å². The van der Waals surface area contributed by atoms with Gasteiger partial charge in [-0.2, -0.15) is 0 Å². The van der Waals surface area contributed by atoms with E-state index in [-0.39, 0.29) is 10.1 Å². The Morgan fingerprint density at radius 1 is 0.944 bits per heavy atom. The summed E-state index contributed by atoms with van der Waals surface area (Å²) >= 11 is 0. The maximum atomic E-state index is 4.08. The summed E-state index contributed by atoms with van der Waals surface area (Å²) in [6.07, 6.45) is 0. The molecular formula is C15H26N2Si. The van der Waals surface area contributed by atoms with E-state index in [1.807, 2.05) is 0 Å². The summed E-state index contributed by atoms with van der Waals surface area (Å²) < 4.78 is 0. The van der Waals surface area contributed by atoms with Gasteiger partial charge in [0.2, 0.25) is 8.24 Å². The topological polar surface area (TPSA) is 24.4 Å². The minimum atomic E-state index is -2.05. The summed E-state index contributed by atoms with van der Waals surface area (Å²) in [5, 5.41) is 9.20. The van der Waals surface area contributed by atoms with Gasteiger partial charge in [0.25, 0.3) is 0 Å². The smallest absolute Gasteiger partial charge is 0.215 e. The monoisotopic (exact) mass is 262 g/mol. The second-order valence-corrected chi connectivity index (χ2v) is 12.2. The standard InChI is InChI=1S/C15H26N2Si/c1-14(2,3)18(17-16-7,15(4,5)6)13-11-9-8-10-12-13/h8-12,17H,7H2,1-6H3. The molecule has 0 saturated carbocycles. The van der Waals surface area contributed by atoms with Crippen molar-refractivity contribution in [1.29, 1.82) is 0 Å². The first-order chi connectivity index (χ1) is 8.17. The summed E-state index contributed by atoms with van der Waals surface area (Å²) in [5.41, 5.74) is 0. The van der Waals surface area contributed by atoms with E-state index in [9.17, 15) is 0 Å². The SMILES string of the molecule is C=NN[Si](c1ccccc1)(C(C)(C)C)C(C)(C)C. The van der Waals surface area contributed by atoms with Crippen molar-refractivity contribution in [3.8, 4) is 0 Å². The number of hydrogen-bond acceptors (Lipinski definition) is 2. The number of benzene rings is 1. The minimum absolute atomic E-state index is 0.147. The van der Waals surface area contributed by atoms with Gasteiger partial charge in [-0.15, -0.1) is 0 Å². The lowest BCUT2D eigenvalue weighted by molar-refractivity contribution is 0.597. The van der Waals surface area contributed by atoms with Crippen LogP contribution in [0, 0.1) is 0 Å². The molecule has 1 aromatic carbocycles. The molecular weight excluding hydrogens is 236 g/mol. The van der Waals surface area contributed by atoms with Gasteiger partial charge in [-0.25, -0.2) is 5.10 Å². The highest BCUT2D eigenvalue weighted by Crippen LogP contribution is 2.48. The number of nitrogens with zero attached hydrogens (tertiary/aromatic N) is 1. The fourth-order valence-corrected chi connectivity index (χ4v) is 8.91. The molecule has 0 aliphatic carbocycles. The van der Waals surface area contributed by atoms with E-state index in [1.165, 1.54) is 5.19 Å². The van der Waals surface area contributed by atoms with Crippen LogP contribution >= 0.6 is 0 Å². The first-order valence-electron chi connectivity index (χ1n) is 6.45. The van der Waals surface area contributed by atoms with Crippen molar-refractivity contribution in [3.05, 3.63) is 30.3 Å². The summed E-state index contributed by atoms with van der Waals surface area (Å²) in [5.74, 6) is 0. The molecule has 0 amide bonds. The normalized spacial score (nSPS) is 13.2. The molecule has 1 N–H and O–H groups in total. The maximum Gasteiger partial charge on any atom is 0.215 e. The van der Waals surface area contributed by atoms with E-state index in [1.54, 1.807) is 0 Å². The zero-order valence-corrected chi connectivity index (χ0v) is 13.5. The molecule has 100 valence electrons. The fourth-order valence-electron chi connectivity index (χ4n) is 3.20.